The van der Waals surface area contributed by atoms with Gasteiger partial charge in [0.15, 0.2) is 12.4 Å². The molecule has 1 N–H and O–H groups in total. The van der Waals surface area contributed by atoms with E-state index < -0.39 is 17.5 Å². The predicted octanol–water partition coefficient (Wildman–Crippen LogP) is 3.69. The van der Waals surface area contributed by atoms with Crippen molar-refractivity contribution in [3.05, 3.63) is 69.3 Å². The van der Waals surface area contributed by atoms with Gasteiger partial charge in [-0.15, -0.1) is 0 Å². The SMILES string of the molecule is CC(=O)NCCc1ccc(C(=O)COC(=O)c2ccc(N3CCCCCC3)c([N+](=O)[O-])c2)cc1. The third-order valence-corrected chi connectivity index (χ3v) is 5.75. The normalized spacial score (nSPS) is 13.6. The van der Waals surface area contributed by atoms with E-state index in [1.165, 1.54) is 19.1 Å². The number of carbonyl (C=O) groups excluding carboxylic acids is 3. The van der Waals surface area contributed by atoms with Crippen LogP contribution in [0.5, 0.6) is 0 Å². The van der Waals surface area contributed by atoms with Gasteiger partial charge in [0.25, 0.3) is 5.69 Å². The van der Waals surface area contributed by atoms with Crippen LogP contribution in [0.3, 0.4) is 0 Å². The van der Waals surface area contributed by atoms with Crippen molar-refractivity contribution in [1.82, 2.24) is 5.32 Å². The quantitative estimate of drug-likeness (QED) is 0.258. The van der Waals surface area contributed by atoms with Crippen LogP contribution in [0.1, 0.15) is 58.9 Å². The third kappa shape index (κ3) is 6.87. The van der Waals surface area contributed by atoms with Crippen molar-refractivity contribution in [3.8, 4) is 0 Å². The van der Waals surface area contributed by atoms with Gasteiger partial charge >= 0.3 is 5.97 Å². The minimum atomic E-state index is -0.786. The number of nitrogens with zero attached hydrogens (tertiary/aromatic N) is 2. The number of nitro benzene ring substituents is 1. The number of ketones is 1. The maximum atomic E-state index is 12.5. The lowest BCUT2D eigenvalue weighted by atomic mass is 10.1. The van der Waals surface area contributed by atoms with Crippen LogP contribution in [0, 0.1) is 10.1 Å². The van der Waals surface area contributed by atoms with Gasteiger partial charge in [-0.05, 0) is 37.0 Å². The summed E-state index contributed by atoms with van der Waals surface area (Å²) in [4.78, 5) is 49.0. The Bertz CT molecular complexity index is 1040. The van der Waals surface area contributed by atoms with E-state index >= 15 is 0 Å². The number of ether oxygens (including phenoxy) is 1. The molecule has 1 saturated heterocycles. The Morgan fingerprint density at radius 2 is 1.65 bits per heavy atom. The summed E-state index contributed by atoms with van der Waals surface area (Å²) < 4.78 is 5.13. The largest absolute Gasteiger partial charge is 0.454 e. The van der Waals surface area contributed by atoms with Crippen molar-refractivity contribution >= 4 is 29.0 Å². The molecule has 1 aliphatic heterocycles. The molecule has 34 heavy (non-hydrogen) atoms. The average Bonchev–Trinajstić information content (AvgIpc) is 3.11. The van der Waals surface area contributed by atoms with Gasteiger partial charge < -0.3 is 15.0 Å². The standard InChI is InChI=1S/C25H29N3O6/c1-18(29)26-13-12-19-6-8-20(9-7-19)24(30)17-34-25(31)21-10-11-22(23(16-21)28(32)33)27-14-4-2-3-5-15-27/h6-11,16H,2-5,12-15,17H2,1H3,(H,26,29). The van der Waals surface area contributed by atoms with Gasteiger partial charge in [-0.3, -0.25) is 19.7 Å². The van der Waals surface area contributed by atoms with Crippen LogP contribution in [-0.2, 0) is 16.0 Å². The van der Waals surface area contributed by atoms with Gasteiger partial charge in [-0.1, -0.05) is 37.1 Å². The molecule has 180 valence electrons. The molecular weight excluding hydrogens is 438 g/mol. The highest BCUT2D eigenvalue weighted by molar-refractivity contribution is 5.99. The molecule has 1 heterocycles. The van der Waals surface area contributed by atoms with Gasteiger partial charge in [0.1, 0.15) is 5.69 Å². The number of rotatable bonds is 9. The van der Waals surface area contributed by atoms with Crippen LogP contribution in [0.25, 0.3) is 0 Å². The molecule has 1 amide bonds. The number of Topliss-reactive ketones (excluding diaryl/α,β-unsaturated/α-hetero) is 1. The van der Waals surface area contributed by atoms with Crippen molar-refractivity contribution in [1.29, 1.82) is 0 Å². The Labute approximate surface area is 198 Å². The maximum absolute atomic E-state index is 12.5. The van der Waals surface area contributed by atoms with Crippen molar-refractivity contribution in [2.75, 3.05) is 31.1 Å². The third-order valence-electron chi connectivity index (χ3n) is 5.75. The Kier molecular flexibility index (Phi) is 8.73. The molecule has 0 aliphatic carbocycles. The van der Waals surface area contributed by atoms with Gasteiger partial charge in [0.05, 0.1) is 10.5 Å². The molecule has 1 fully saturated rings. The number of hydrogen-bond donors (Lipinski definition) is 1. The summed E-state index contributed by atoms with van der Waals surface area (Å²) in [5.74, 6) is -1.27. The van der Waals surface area contributed by atoms with Gasteiger partial charge in [-0.25, -0.2) is 4.79 Å². The second kappa shape index (κ2) is 11.9. The summed E-state index contributed by atoms with van der Waals surface area (Å²) in [7, 11) is 0. The number of benzene rings is 2. The fraction of sp³-hybridized carbons (Fsp3) is 0.400. The first kappa shape index (κ1) is 24.9. The van der Waals surface area contributed by atoms with Crippen molar-refractivity contribution in [2.45, 2.75) is 39.0 Å². The molecule has 0 bridgehead atoms. The van der Waals surface area contributed by atoms with E-state index in [4.69, 9.17) is 4.74 Å². The Balaban J connectivity index is 1.60. The zero-order valence-electron chi connectivity index (χ0n) is 19.2. The molecule has 0 spiro atoms. The first-order chi connectivity index (χ1) is 16.3. The molecule has 0 aromatic heterocycles. The molecule has 0 atom stereocenters. The van der Waals surface area contributed by atoms with Crippen molar-refractivity contribution in [3.63, 3.8) is 0 Å². The lowest BCUT2D eigenvalue weighted by Gasteiger charge is -2.22. The van der Waals surface area contributed by atoms with Crippen LogP contribution in [0.15, 0.2) is 42.5 Å². The number of carbonyl (C=O) groups is 3. The maximum Gasteiger partial charge on any atom is 0.338 e. The summed E-state index contributed by atoms with van der Waals surface area (Å²) in [6.45, 7) is 2.97. The molecule has 9 nitrogen and oxygen atoms in total. The lowest BCUT2D eigenvalue weighted by Crippen LogP contribution is -2.25. The Morgan fingerprint density at radius 1 is 1.00 bits per heavy atom. The smallest absolute Gasteiger partial charge is 0.338 e. The highest BCUT2D eigenvalue weighted by Crippen LogP contribution is 2.31. The zero-order valence-corrected chi connectivity index (χ0v) is 19.2. The molecule has 0 saturated carbocycles. The molecule has 9 heteroatoms. The fourth-order valence-corrected chi connectivity index (χ4v) is 3.91. The minimum Gasteiger partial charge on any atom is -0.454 e. The van der Waals surface area contributed by atoms with Crippen LogP contribution in [0.2, 0.25) is 0 Å². The molecule has 1 aliphatic rings. The molecular formula is C25H29N3O6. The van der Waals surface area contributed by atoms with Crippen LogP contribution >= 0.6 is 0 Å². The summed E-state index contributed by atoms with van der Waals surface area (Å²) in [6, 6.07) is 11.1. The van der Waals surface area contributed by atoms with Crippen LogP contribution in [0.4, 0.5) is 11.4 Å². The monoisotopic (exact) mass is 467 g/mol. The average molecular weight is 468 g/mol. The Hall–Kier alpha value is -3.75. The molecule has 2 aromatic carbocycles. The van der Waals surface area contributed by atoms with Crippen LogP contribution < -0.4 is 10.2 Å². The van der Waals surface area contributed by atoms with E-state index in [9.17, 15) is 24.5 Å². The minimum absolute atomic E-state index is 0.0337. The van der Waals surface area contributed by atoms with E-state index in [0.29, 0.717) is 24.2 Å². The summed E-state index contributed by atoms with van der Waals surface area (Å²) in [6.07, 6.45) is 4.78. The first-order valence-corrected chi connectivity index (χ1v) is 11.4. The molecule has 0 radical (unpaired) electrons. The van der Waals surface area contributed by atoms with E-state index in [1.54, 1.807) is 30.3 Å². The first-order valence-electron chi connectivity index (χ1n) is 11.4. The summed E-state index contributed by atoms with van der Waals surface area (Å²) in [5, 5.41) is 14.4. The van der Waals surface area contributed by atoms with Gasteiger partial charge in [-0.2, -0.15) is 0 Å². The van der Waals surface area contributed by atoms with Crippen LogP contribution in [-0.4, -0.2) is 48.8 Å². The van der Waals surface area contributed by atoms with Gasteiger partial charge in [0.2, 0.25) is 5.91 Å². The fourth-order valence-electron chi connectivity index (χ4n) is 3.91. The topological polar surface area (TPSA) is 119 Å². The van der Waals surface area contributed by atoms with E-state index in [-0.39, 0.29) is 22.9 Å². The predicted molar refractivity (Wildman–Crippen MR) is 127 cm³/mol. The highest BCUT2D eigenvalue weighted by Gasteiger charge is 2.23. The number of amides is 1. The Morgan fingerprint density at radius 3 is 2.26 bits per heavy atom. The number of anilines is 1. The molecule has 2 aromatic rings. The highest BCUT2D eigenvalue weighted by atomic mass is 16.6. The lowest BCUT2D eigenvalue weighted by molar-refractivity contribution is -0.384. The molecule has 0 unspecified atom stereocenters. The summed E-state index contributed by atoms with van der Waals surface area (Å²) >= 11 is 0. The van der Waals surface area contributed by atoms with E-state index in [1.807, 2.05) is 4.90 Å². The number of esters is 1. The second-order valence-corrected chi connectivity index (χ2v) is 8.29. The second-order valence-electron chi connectivity index (χ2n) is 8.29. The van der Waals surface area contributed by atoms with Crippen molar-refractivity contribution in [2.24, 2.45) is 0 Å². The zero-order chi connectivity index (χ0) is 24.5. The summed E-state index contributed by atoms with van der Waals surface area (Å²) in [5.41, 5.74) is 1.74. The van der Waals surface area contributed by atoms with Gasteiger partial charge in [0, 0.05) is 38.2 Å². The number of nitro groups is 1. The van der Waals surface area contributed by atoms with Crippen molar-refractivity contribution < 1.29 is 24.0 Å². The van der Waals surface area contributed by atoms with E-state index in [0.717, 1.165) is 44.3 Å². The van der Waals surface area contributed by atoms with E-state index in [2.05, 4.69) is 5.32 Å². The number of hydrogen-bond acceptors (Lipinski definition) is 7. The number of nitrogens with one attached hydrogen (secondary N) is 1. The molecule has 3 rings (SSSR count).